The summed E-state index contributed by atoms with van der Waals surface area (Å²) in [7, 11) is 1.62. The number of methoxy groups -OCH3 is 1. The van der Waals surface area contributed by atoms with E-state index in [9.17, 15) is 0 Å². The first kappa shape index (κ1) is 16.6. The molecule has 0 saturated heterocycles. The van der Waals surface area contributed by atoms with Crippen LogP contribution in [0.4, 0.5) is 17.1 Å². The summed E-state index contributed by atoms with van der Waals surface area (Å²) in [6.07, 6.45) is 1.28. The van der Waals surface area contributed by atoms with E-state index in [1.807, 2.05) is 38.1 Å². The van der Waals surface area contributed by atoms with Crippen LogP contribution < -0.4 is 25.3 Å². The number of aromatic nitrogens is 1. The van der Waals surface area contributed by atoms with Gasteiger partial charge in [-0.05, 0) is 24.6 Å². The van der Waals surface area contributed by atoms with Gasteiger partial charge in [0.15, 0.2) is 11.5 Å². The topological polar surface area (TPSA) is 78.6 Å². The lowest BCUT2D eigenvalue weighted by atomic mass is 10.1. The van der Waals surface area contributed by atoms with E-state index in [-0.39, 0.29) is 6.29 Å². The summed E-state index contributed by atoms with van der Waals surface area (Å²) < 4.78 is 16.7. The number of nitrogens with one attached hydrogen (secondary N) is 1. The van der Waals surface area contributed by atoms with E-state index >= 15 is 0 Å². The van der Waals surface area contributed by atoms with Crippen molar-refractivity contribution in [2.75, 3.05) is 18.2 Å². The zero-order chi connectivity index (χ0) is 18.4. The summed E-state index contributed by atoms with van der Waals surface area (Å²) in [5, 5.41) is 4.70. The molecule has 0 aliphatic carbocycles. The van der Waals surface area contributed by atoms with Gasteiger partial charge >= 0.3 is 0 Å². The van der Waals surface area contributed by atoms with Crippen LogP contribution in [0.15, 0.2) is 30.5 Å². The van der Waals surface area contributed by atoms with Crippen LogP contribution in [0.25, 0.3) is 10.9 Å². The molecule has 26 heavy (non-hydrogen) atoms. The minimum Gasteiger partial charge on any atom is -0.496 e. The van der Waals surface area contributed by atoms with Gasteiger partial charge in [0, 0.05) is 24.4 Å². The highest BCUT2D eigenvalue weighted by Crippen LogP contribution is 2.42. The largest absolute Gasteiger partial charge is 0.496 e. The smallest absolute Gasteiger partial charge is 0.238 e. The molecule has 0 bridgehead atoms. The lowest BCUT2D eigenvalue weighted by Gasteiger charge is -2.15. The van der Waals surface area contributed by atoms with E-state index in [1.54, 1.807) is 13.3 Å². The molecule has 6 nitrogen and oxygen atoms in total. The molecule has 1 aliphatic heterocycles. The summed E-state index contributed by atoms with van der Waals surface area (Å²) >= 11 is 6.41. The number of anilines is 3. The number of hydrogen-bond acceptors (Lipinski definition) is 6. The normalized spacial score (nSPS) is 15.3. The number of nitrogens with two attached hydrogens (primary N) is 1. The number of fused-ring (bicyclic) bond motifs is 2. The summed E-state index contributed by atoms with van der Waals surface area (Å²) in [6, 6.07) is 7.41. The van der Waals surface area contributed by atoms with Crippen molar-refractivity contribution in [2.24, 2.45) is 0 Å². The minimum absolute atomic E-state index is 0.327. The van der Waals surface area contributed by atoms with E-state index < -0.39 is 0 Å². The zero-order valence-electron chi connectivity index (χ0n) is 14.6. The van der Waals surface area contributed by atoms with E-state index in [1.165, 1.54) is 0 Å². The molecule has 0 saturated carbocycles. The molecule has 1 aromatic heterocycles. The molecule has 2 aromatic carbocycles. The molecule has 1 aliphatic rings. The van der Waals surface area contributed by atoms with Gasteiger partial charge < -0.3 is 25.3 Å². The minimum atomic E-state index is -0.327. The molecule has 3 N–H and O–H groups in total. The second-order valence-corrected chi connectivity index (χ2v) is 6.54. The Labute approximate surface area is 155 Å². The van der Waals surface area contributed by atoms with Gasteiger partial charge in [0.05, 0.1) is 40.9 Å². The Morgan fingerprint density at radius 1 is 1.19 bits per heavy atom. The van der Waals surface area contributed by atoms with E-state index in [4.69, 9.17) is 31.5 Å². The van der Waals surface area contributed by atoms with Crippen LogP contribution in [-0.2, 0) is 0 Å². The maximum atomic E-state index is 6.41. The first-order chi connectivity index (χ1) is 12.5. The van der Waals surface area contributed by atoms with Crippen LogP contribution in [0.5, 0.6) is 17.2 Å². The summed E-state index contributed by atoms with van der Waals surface area (Å²) in [4.78, 5) is 4.40. The van der Waals surface area contributed by atoms with Crippen molar-refractivity contribution < 1.29 is 14.2 Å². The van der Waals surface area contributed by atoms with Gasteiger partial charge in [-0.25, -0.2) is 0 Å². The van der Waals surface area contributed by atoms with Crippen molar-refractivity contribution in [1.29, 1.82) is 0 Å². The molecule has 4 rings (SSSR count). The monoisotopic (exact) mass is 371 g/mol. The number of nitrogens with zero attached hydrogens (tertiary/aromatic N) is 1. The highest BCUT2D eigenvalue weighted by Gasteiger charge is 2.22. The van der Waals surface area contributed by atoms with Gasteiger partial charge in [0.25, 0.3) is 0 Å². The summed E-state index contributed by atoms with van der Waals surface area (Å²) in [6.45, 7) is 3.77. The number of nitrogen functional groups attached to an aromatic ring is 1. The number of rotatable bonds is 3. The molecule has 0 spiro atoms. The van der Waals surface area contributed by atoms with Crippen molar-refractivity contribution >= 4 is 39.6 Å². The molecule has 2 heterocycles. The number of ether oxygens (including phenoxy) is 3. The van der Waals surface area contributed by atoms with Crippen molar-refractivity contribution in [3.05, 3.63) is 41.0 Å². The fourth-order valence-corrected chi connectivity index (χ4v) is 3.29. The van der Waals surface area contributed by atoms with Crippen LogP contribution in [0.3, 0.4) is 0 Å². The molecule has 0 fully saturated rings. The first-order valence-corrected chi connectivity index (χ1v) is 8.50. The maximum Gasteiger partial charge on any atom is 0.238 e. The Balaban J connectivity index is 1.84. The number of halogens is 1. The van der Waals surface area contributed by atoms with Crippen molar-refractivity contribution in [3.63, 3.8) is 0 Å². The standard InChI is InChI=1S/C19H18ClN3O3/c1-9-4-12(20)15(7-16(9)24-3)23-19-11-5-17-18(26-10(2)25-17)6-14(11)22-8-13(19)21/h4-8,10H,21H2,1-3H3,(H,22,23). The fraction of sp³-hybridized carbons (Fsp3) is 0.211. The Bertz CT molecular complexity index is 1020. The Kier molecular flexibility index (Phi) is 3.92. The van der Waals surface area contributed by atoms with Gasteiger partial charge in [0.2, 0.25) is 6.29 Å². The van der Waals surface area contributed by atoms with Gasteiger partial charge in [0.1, 0.15) is 5.75 Å². The molecule has 7 heteroatoms. The number of benzene rings is 2. The van der Waals surface area contributed by atoms with Crippen LogP contribution in [0.1, 0.15) is 12.5 Å². The summed E-state index contributed by atoms with van der Waals surface area (Å²) in [5.41, 5.74) is 9.78. The van der Waals surface area contributed by atoms with Gasteiger partial charge in [-0.2, -0.15) is 0 Å². The third-order valence-electron chi connectivity index (χ3n) is 4.29. The highest BCUT2D eigenvalue weighted by molar-refractivity contribution is 6.33. The van der Waals surface area contributed by atoms with Crippen molar-refractivity contribution in [1.82, 2.24) is 4.98 Å². The third kappa shape index (κ3) is 2.72. The maximum absolute atomic E-state index is 6.41. The number of hydrogen-bond donors (Lipinski definition) is 2. The number of aryl methyl sites for hydroxylation is 1. The summed E-state index contributed by atoms with van der Waals surface area (Å²) in [5.74, 6) is 2.07. The van der Waals surface area contributed by atoms with Crippen LogP contribution >= 0.6 is 11.6 Å². The molecule has 0 radical (unpaired) electrons. The average Bonchev–Trinajstić information content (AvgIpc) is 2.96. The SMILES string of the molecule is COc1cc(Nc2c(N)cnc3cc4c(cc23)OC(C)O4)c(Cl)cc1C. The molecule has 1 unspecified atom stereocenters. The molecular formula is C19H18ClN3O3. The predicted molar refractivity (Wildman–Crippen MR) is 103 cm³/mol. The van der Waals surface area contributed by atoms with Crippen molar-refractivity contribution in [3.8, 4) is 17.2 Å². The molecule has 3 aromatic rings. The van der Waals surface area contributed by atoms with E-state index in [0.29, 0.717) is 33.6 Å². The van der Waals surface area contributed by atoms with Crippen LogP contribution in [0, 0.1) is 6.92 Å². The molecular weight excluding hydrogens is 354 g/mol. The van der Waals surface area contributed by atoms with Crippen LogP contribution in [-0.4, -0.2) is 18.4 Å². The molecule has 134 valence electrons. The van der Waals surface area contributed by atoms with Crippen molar-refractivity contribution in [2.45, 2.75) is 20.1 Å². The Morgan fingerprint density at radius 2 is 1.92 bits per heavy atom. The second-order valence-electron chi connectivity index (χ2n) is 6.13. The van der Waals surface area contributed by atoms with E-state index in [0.717, 1.165) is 22.2 Å². The van der Waals surface area contributed by atoms with Crippen LogP contribution in [0.2, 0.25) is 5.02 Å². The number of pyridine rings is 1. The second kappa shape index (κ2) is 6.14. The Morgan fingerprint density at radius 3 is 2.65 bits per heavy atom. The highest BCUT2D eigenvalue weighted by atomic mass is 35.5. The quantitative estimate of drug-likeness (QED) is 0.697. The Hall–Kier alpha value is -2.86. The lowest BCUT2D eigenvalue weighted by molar-refractivity contribution is 0.0679. The van der Waals surface area contributed by atoms with Gasteiger partial charge in [-0.3, -0.25) is 4.98 Å². The fourth-order valence-electron chi connectivity index (χ4n) is 3.02. The molecule has 0 amide bonds. The van der Waals surface area contributed by atoms with E-state index in [2.05, 4.69) is 10.3 Å². The molecule has 1 atom stereocenters. The average molecular weight is 372 g/mol. The van der Waals surface area contributed by atoms with Gasteiger partial charge in [-0.1, -0.05) is 11.6 Å². The lowest BCUT2D eigenvalue weighted by Crippen LogP contribution is -2.11. The third-order valence-corrected chi connectivity index (χ3v) is 4.61. The predicted octanol–water partition coefficient (Wildman–Crippen LogP) is 4.65. The zero-order valence-corrected chi connectivity index (χ0v) is 15.3. The van der Waals surface area contributed by atoms with Gasteiger partial charge in [-0.15, -0.1) is 0 Å². The first-order valence-electron chi connectivity index (χ1n) is 8.13.